The van der Waals surface area contributed by atoms with Gasteiger partial charge in [0.05, 0.1) is 5.92 Å². The van der Waals surface area contributed by atoms with Gasteiger partial charge in [-0.25, -0.2) is 0 Å². The van der Waals surface area contributed by atoms with Crippen molar-refractivity contribution in [2.75, 3.05) is 6.54 Å². The Balaban J connectivity index is 2.82. The Morgan fingerprint density at radius 3 is 2.47 bits per heavy atom. The third-order valence-corrected chi connectivity index (χ3v) is 2.38. The number of hydrogen-bond acceptors (Lipinski definition) is 4. The molecule has 0 aromatic carbocycles. The lowest BCUT2D eigenvalue weighted by Crippen LogP contribution is -2.15. The highest BCUT2D eigenvalue weighted by molar-refractivity contribution is 5.02. The number of aromatic nitrogens is 2. The number of nitrogens with zero attached hydrogens (tertiary/aromatic N) is 2. The minimum Gasteiger partial charge on any atom is -0.339 e. The quantitative estimate of drug-likeness (QED) is 0.829. The molecule has 1 heterocycles. The Kier molecular flexibility index (Phi) is 3.85. The van der Waals surface area contributed by atoms with Gasteiger partial charge in [0.2, 0.25) is 5.89 Å². The number of nitrogens with two attached hydrogens (primary N) is 1. The molecule has 0 radical (unpaired) electrons. The van der Waals surface area contributed by atoms with Gasteiger partial charge < -0.3 is 10.3 Å². The van der Waals surface area contributed by atoms with Crippen molar-refractivity contribution in [2.24, 2.45) is 5.73 Å². The SMILES string of the molecule is CCCC(CN)c1nc(C(C)(C)C)no1. The first kappa shape index (κ1) is 12.2. The van der Waals surface area contributed by atoms with Gasteiger partial charge in [-0.15, -0.1) is 0 Å². The molecule has 0 saturated carbocycles. The molecule has 4 nitrogen and oxygen atoms in total. The molecule has 0 spiro atoms. The summed E-state index contributed by atoms with van der Waals surface area (Å²) in [6, 6.07) is 0. The molecule has 1 aromatic heterocycles. The molecule has 1 aromatic rings. The highest BCUT2D eigenvalue weighted by Crippen LogP contribution is 2.23. The fourth-order valence-electron chi connectivity index (χ4n) is 1.40. The lowest BCUT2D eigenvalue weighted by Gasteiger charge is -2.11. The van der Waals surface area contributed by atoms with E-state index in [0.717, 1.165) is 18.7 Å². The van der Waals surface area contributed by atoms with Gasteiger partial charge in [-0.3, -0.25) is 0 Å². The van der Waals surface area contributed by atoms with Crippen LogP contribution in [0.15, 0.2) is 4.52 Å². The van der Waals surface area contributed by atoms with Gasteiger partial charge in [0, 0.05) is 12.0 Å². The van der Waals surface area contributed by atoms with Crippen LogP contribution in [0.1, 0.15) is 58.2 Å². The summed E-state index contributed by atoms with van der Waals surface area (Å²) in [6.07, 6.45) is 2.08. The van der Waals surface area contributed by atoms with E-state index in [2.05, 4.69) is 37.8 Å². The standard InChI is InChI=1S/C11H21N3O/c1-5-6-8(7-12)9-13-10(14-15-9)11(2,3)4/h8H,5-7,12H2,1-4H3. The van der Waals surface area contributed by atoms with Crippen molar-refractivity contribution >= 4 is 0 Å². The highest BCUT2D eigenvalue weighted by atomic mass is 16.5. The Bertz CT molecular complexity index is 301. The second kappa shape index (κ2) is 4.75. The lowest BCUT2D eigenvalue weighted by molar-refractivity contribution is 0.337. The van der Waals surface area contributed by atoms with Gasteiger partial charge in [-0.2, -0.15) is 4.98 Å². The van der Waals surface area contributed by atoms with Gasteiger partial charge in [0.25, 0.3) is 0 Å². The van der Waals surface area contributed by atoms with Gasteiger partial charge >= 0.3 is 0 Å². The monoisotopic (exact) mass is 211 g/mol. The zero-order chi connectivity index (χ0) is 11.5. The zero-order valence-electron chi connectivity index (χ0n) is 10.1. The average Bonchev–Trinajstić information content (AvgIpc) is 2.62. The van der Waals surface area contributed by atoms with Crippen LogP contribution < -0.4 is 5.73 Å². The molecule has 0 amide bonds. The normalized spacial score (nSPS) is 14.2. The molecular formula is C11H21N3O. The van der Waals surface area contributed by atoms with Crippen LogP contribution >= 0.6 is 0 Å². The molecule has 0 aliphatic heterocycles. The maximum atomic E-state index is 5.68. The van der Waals surface area contributed by atoms with E-state index in [-0.39, 0.29) is 11.3 Å². The molecular weight excluding hydrogens is 190 g/mol. The summed E-state index contributed by atoms with van der Waals surface area (Å²) in [6.45, 7) is 8.90. The predicted molar refractivity (Wildman–Crippen MR) is 59.7 cm³/mol. The van der Waals surface area contributed by atoms with Crippen LogP contribution in [-0.4, -0.2) is 16.7 Å². The number of hydrogen-bond donors (Lipinski definition) is 1. The third kappa shape index (κ3) is 3.02. The van der Waals surface area contributed by atoms with Crippen LogP contribution in [0.2, 0.25) is 0 Å². The van der Waals surface area contributed by atoms with E-state index in [1.807, 2.05) is 0 Å². The zero-order valence-corrected chi connectivity index (χ0v) is 10.1. The summed E-state index contributed by atoms with van der Waals surface area (Å²) in [5.41, 5.74) is 5.62. The molecule has 0 aliphatic rings. The Morgan fingerprint density at radius 2 is 2.07 bits per heavy atom. The summed E-state index contributed by atoms with van der Waals surface area (Å²) < 4.78 is 5.26. The van der Waals surface area contributed by atoms with Crippen LogP contribution in [0.25, 0.3) is 0 Å². The van der Waals surface area contributed by atoms with Gasteiger partial charge in [-0.1, -0.05) is 39.3 Å². The summed E-state index contributed by atoms with van der Waals surface area (Å²) in [4.78, 5) is 4.41. The molecule has 2 N–H and O–H groups in total. The molecule has 1 unspecified atom stereocenters. The Labute approximate surface area is 91.2 Å². The maximum Gasteiger partial charge on any atom is 0.231 e. The van der Waals surface area contributed by atoms with E-state index >= 15 is 0 Å². The summed E-state index contributed by atoms with van der Waals surface area (Å²) >= 11 is 0. The van der Waals surface area contributed by atoms with E-state index in [9.17, 15) is 0 Å². The second-order valence-corrected chi connectivity index (χ2v) is 4.93. The molecule has 15 heavy (non-hydrogen) atoms. The van der Waals surface area contributed by atoms with Gasteiger partial charge in [0.15, 0.2) is 5.82 Å². The molecule has 4 heteroatoms. The molecule has 0 fully saturated rings. The highest BCUT2D eigenvalue weighted by Gasteiger charge is 2.23. The molecule has 1 atom stereocenters. The Hall–Kier alpha value is -0.900. The van der Waals surface area contributed by atoms with Crippen molar-refractivity contribution < 1.29 is 4.52 Å². The van der Waals surface area contributed by atoms with Crippen molar-refractivity contribution in [1.29, 1.82) is 0 Å². The van der Waals surface area contributed by atoms with E-state index < -0.39 is 0 Å². The van der Waals surface area contributed by atoms with Crippen molar-refractivity contribution in [3.8, 4) is 0 Å². The summed E-state index contributed by atoms with van der Waals surface area (Å²) in [7, 11) is 0. The lowest BCUT2D eigenvalue weighted by atomic mass is 9.96. The van der Waals surface area contributed by atoms with Crippen molar-refractivity contribution in [1.82, 2.24) is 10.1 Å². The first-order valence-corrected chi connectivity index (χ1v) is 5.53. The minimum atomic E-state index is -0.0624. The predicted octanol–water partition coefficient (Wildman–Crippen LogP) is 2.21. The van der Waals surface area contributed by atoms with E-state index in [4.69, 9.17) is 10.3 Å². The maximum absolute atomic E-state index is 5.68. The molecule has 0 aliphatic carbocycles. The van der Waals surface area contributed by atoms with E-state index in [1.54, 1.807) is 0 Å². The van der Waals surface area contributed by atoms with Gasteiger partial charge in [0.1, 0.15) is 0 Å². The topological polar surface area (TPSA) is 64.9 Å². The van der Waals surface area contributed by atoms with Crippen LogP contribution in [0.4, 0.5) is 0 Å². The van der Waals surface area contributed by atoms with Crippen molar-refractivity contribution in [3.63, 3.8) is 0 Å². The fourth-order valence-corrected chi connectivity index (χ4v) is 1.40. The fraction of sp³-hybridized carbons (Fsp3) is 0.818. The molecule has 0 bridgehead atoms. The third-order valence-electron chi connectivity index (χ3n) is 2.38. The first-order valence-electron chi connectivity index (χ1n) is 5.53. The minimum absolute atomic E-state index is 0.0624. The van der Waals surface area contributed by atoms with Gasteiger partial charge in [-0.05, 0) is 6.42 Å². The molecule has 86 valence electrons. The average molecular weight is 211 g/mol. The Morgan fingerprint density at radius 1 is 1.40 bits per heavy atom. The van der Waals surface area contributed by atoms with Crippen LogP contribution in [0, 0.1) is 0 Å². The summed E-state index contributed by atoms with van der Waals surface area (Å²) in [5.74, 6) is 1.65. The van der Waals surface area contributed by atoms with Crippen LogP contribution in [0.3, 0.4) is 0 Å². The van der Waals surface area contributed by atoms with E-state index in [0.29, 0.717) is 12.4 Å². The van der Waals surface area contributed by atoms with Crippen molar-refractivity contribution in [2.45, 2.75) is 51.9 Å². The van der Waals surface area contributed by atoms with Crippen molar-refractivity contribution in [3.05, 3.63) is 11.7 Å². The first-order chi connectivity index (χ1) is 6.99. The molecule has 0 saturated heterocycles. The largest absolute Gasteiger partial charge is 0.339 e. The smallest absolute Gasteiger partial charge is 0.231 e. The van der Waals surface area contributed by atoms with Crippen LogP contribution in [-0.2, 0) is 5.41 Å². The van der Waals surface area contributed by atoms with Crippen LogP contribution in [0.5, 0.6) is 0 Å². The number of rotatable bonds is 4. The van der Waals surface area contributed by atoms with E-state index in [1.165, 1.54) is 0 Å². The summed E-state index contributed by atoms with van der Waals surface area (Å²) in [5, 5.41) is 4.00. The second-order valence-electron chi connectivity index (χ2n) is 4.93. The molecule has 1 rings (SSSR count).